The molecule has 0 saturated carbocycles. The first-order valence-electron chi connectivity index (χ1n) is 10.7. The fourth-order valence-electron chi connectivity index (χ4n) is 4.09. The highest BCUT2D eigenvalue weighted by Gasteiger charge is 2.24. The van der Waals surface area contributed by atoms with E-state index in [1.165, 1.54) is 11.1 Å². The Bertz CT molecular complexity index is 1020. The molecule has 0 aliphatic heterocycles. The Kier molecular flexibility index (Phi) is 6.75. The van der Waals surface area contributed by atoms with Crippen LogP contribution in [0, 0.1) is 0 Å². The number of carbonyl (C=O) groups is 2. The predicted molar refractivity (Wildman–Crippen MR) is 123 cm³/mol. The normalized spacial score (nSPS) is 16.1. The first-order valence-corrected chi connectivity index (χ1v) is 10.7. The number of amides is 2. The third-order valence-electron chi connectivity index (χ3n) is 5.61. The van der Waals surface area contributed by atoms with Crippen LogP contribution >= 0.6 is 0 Å². The molecule has 0 spiro atoms. The molecule has 2 atom stereocenters. The van der Waals surface area contributed by atoms with Gasteiger partial charge in [0.25, 0.3) is 0 Å². The van der Waals surface area contributed by atoms with Gasteiger partial charge in [-0.3, -0.25) is 14.9 Å². The second-order valence-electron chi connectivity index (χ2n) is 7.79. The van der Waals surface area contributed by atoms with E-state index in [4.69, 9.17) is 0 Å². The van der Waals surface area contributed by atoms with Gasteiger partial charge >= 0.3 is 0 Å². The molecular formula is C26H27N3O2. The maximum atomic E-state index is 13.0. The summed E-state index contributed by atoms with van der Waals surface area (Å²) in [6.07, 6.45) is 3.04. The second kappa shape index (κ2) is 10.0. The second-order valence-corrected chi connectivity index (χ2v) is 7.79. The van der Waals surface area contributed by atoms with Crippen LogP contribution in [0.3, 0.4) is 0 Å². The topological polar surface area (TPSA) is 70.2 Å². The summed E-state index contributed by atoms with van der Waals surface area (Å²) in [6.45, 7) is 0.0560. The molecule has 0 bridgehead atoms. The van der Waals surface area contributed by atoms with Gasteiger partial charge in [0.1, 0.15) is 6.04 Å². The van der Waals surface area contributed by atoms with Gasteiger partial charge in [0.05, 0.1) is 12.6 Å². The Balaban J connectivity index is 1.42. The van der Waals surface area contributed by atoms with Gasteiger partial charge in [-0.05, 0) is 48.1 Å². The fraction of sp³-hybridized carbons (Fsp3) is 0.231. The van der Waals surface area contributed by atoms with Crippen LogP contribution in [-0.4, -0.2) is 18.4 Å². The first-order chi connectivity index (χ1) is 15.2. The highest BCUT2D eigenvalue weighted by atomic mass is 16.2. The molecule has 2 unspecified atom stereocenters. The molecule has 3 aromatic carbocycles. The Morgan fingerprint density at radius 3 is 2.32 bits per heavy atom. The van der Waals surface area contributed by atoms with E-state index in [2.05, 4.69) is 28.1 Å². The molecule has 1 aliphatic carbocycles. The summed E-state index contributed by atoms with van der Waals surface area (Å²) in [5, 5.41) is 9.21. The lowest BCUT2D eigenvalue weighted by Crippen LogP contribution is -2.41. The Morgan fingerprint density at radius 2 is 1.55 bits per heavy atom. The summed E-state index contributed by atoms with van der Waals surface area (Å²) in [7, 11) is 0. The van der Waals surface area contributed by atoms with Crippen LogP contribution in [0.2, 0.25) is 0 Å². The quantitative estimate of drug-likeness (QED) is 0.545. The van der Waals surface area contributed by atoms with Gasteiger partial charge in [0.15, 0.2) is 0 Å². The number of rotatable bonds is 7. The summed E-state index contributed by atoms with van der Waals surface area (Å²) < 4.78 is 0. The molecule has 3 aromatic rings. The number of nitrogens with one attached hydrogen (secondary N) is 3. The van der Waals surface area contributed by atoms with Gasteiger partial charge in [0.2, 0.25) is 11.8 Å². The van der Waals surface area contributed by atoms with Crippen LogP contribution in [-0.2, 0) is 16.0 Å². The maximum Gasteiger partial charge on any atom is 0.246 e. The monoisotopic (exact) mass is 413 g/mol. The number of hydrogen-bond acceptors (Lipinski definition) is 3. The predicted octanol–water partition coefficient (Wildman–Crippen LogP) is 4.15. The number of aryl methyl sites for hydroxylation is 1. The number of anilines is 1. The summed E-state index contributed by atoms with van der Waals surface area (Å²) >= 11 is 0. The first kappa shape index (κ1) is 20.8. The molecule has 3 N–H and O–H groups in total. The van der Waals surface area contributed by atoms with Gasteiger partial charge in [0, 0.05) is 5.69 Å². The van der Waals surface area contributed by atoms with Crippen molar-refractivity contribution in [3.8, 4) is 0 Å². The SMILES string of the molecule is O=C(CNC(C(=O)Nc1ccccc1)c1ccccc1)NC1CCCc2ccccc21. The van der Waals surface area contributed by atoms with Crippen LogP contribution in [0.5, 0.6) is 0 Å². The lowest BCUT2D eigenvalue weighted by atomic mass is 9.88. The summed E-state index contributed by atoms with van der Waals surface area (Å²) in [6, 6.07) is 26.4. The van der Waals surface area contributed by atoms with Crippen LogP contribution in [0.4, 0.5) is 5.69 Å². The largest absolute Gasteiger partial charge is 0.348 e. The van der Waals surface area contributed by atoms with E-state index in [0.717, 1.165) is 30.5 Å². The van der Waals surface area contributed by atoms with Crippen LogP contribution in [0.1, 0.15) is 41.6 Å². The minimum atomic E-state index is -0.634. The number of carbonyl (C=O) groups excluding carboxylic acids is 2. The van der Waals surface area contributed by atoms with E-state index < -0.39 is 6.04 Å². The number of fused-ring (bicyclic) bond motifs is 1. The molecule has 158 valence electrons. The summed E-state index contributed by atoms with van der Waals surface area (Å²) in [5.41, 5.74) is 4.03. The number of para-hydroxylation sites is 1. The van der Waals surface area contributed by atoms with Crippen molar-refractivity contribution in [2.75, 3.05) is 11.9 Å². The zero-order chi connectivity index (χ0) is 21.5. The molecule has 2 amide bonds. The molecule has 5 nitrogen and oxygen atoms in total. The zero-order valence-electron chi connectivity index (χ0n) is 17.4. The molecule has 0 radical (unpaired) electrons. The zero-order valence-corrected chi connectivity index (χ0v) is 17.4. The Labute approximate surface area is 182 Å². The lowest BCUT2D eigenvalue weighted by Gasteiger charge is -2.27. The van der Waals surface area contributed by atoms with Crippen molar-refractivity contribution in [1.29, 1.82) is 0 Å². The fourth-order valence-corrected chi connectivity index (χ4v) is 4.09. The minimum Gasteiger partial charge on any atom is -0.348 e. The van der Waals surface area contributed by atoms with E-state index in [-0.39, 0.29) is 24.4 Å². The van der Waals surface area contributed by atoms with Crippen molar-refractivity contribution in [2.45, 2.75) is 31.3 Å². The highest BCUT2D eigenvalue weighted by Crippen LogP contribution is 2.29. The lowest BCUT2D eigenvalue weighted by molar-refractivity contribution is -0.121. The molecule has 5 heteroatoms. The van der Waals surface area contributed by atoms with E-state index in [9.17, 15) is 9.59 Å². The van der Waals surface area contributed by atoms with Gasteiger partial charge in [-0.25, -0.2) is 0 Å². The summed E-state index contributed by atoms with van der Waals surface area (Å²) in [5.74, 6) is -0.316. The molecule has 1 aliphatic rings. The average Bonchev–Trinajstić information content (AvgIpc) is 2.81. The minimum absolute atomic E-state index is 0.0209. The van der Waals surface area contributed by atoms with E-state index in [1.807, 2.05) is 72.8 Å². The van der Waals surface area contributed by atoms with Crippen LogP contribution < -0.4 is 16.0 Å². The van der Waals surface area contributed by atoms with Crippen molar-refractivity contribution < 1.29 is 9.59 Å². The average molecular weight is 414 g/mol. The number of hydrogen-bond donors (Lipinski definition) is 3. The highest BCUT2D eigenvalue weighted by molar-refractivity contribution is 5.96. The number of benzene rings is 3. The van der Waals surface area contributed by atoms with Gasteiger partial charge in [-0.2, -0.15) is 0 Å². The van der Waals surface area contributed by atoms with E-state index >= 15 is 0 Å². The molecule has 31 heavy (non-hydrogen) atoms. The van der Waals surface area contributed by atoms with E-state index in [1.54, 1.807) is 0 Å². The van der Waals surface area contributed by atoms with Gasteiger partial charge < -0.3 is 10.6 Å². The van der Waals surface area contributed by atoms with Crippen molar-refractivity contribution in [2.24, 2.45) is 0 Å². The molecule has 0 heterocycles. The third-order valence-corrected chi connectivity index (χ3v) is 5.61. The van der Waals surface area contributed by atoms with Crippen LogP contribution in [0.15, 0.2) is 84.9 Å². The molecule has 4 rings (SSSR count). The van der Waals surface area contributed by atoms with Crippen molar-refractivity contribution in [3.63, 3.8) is 0 Å². The molecular weight excluding hydrogens is 386 g/mol. The molecule has 0 aromatic heterocycles. The van der Waals surface area contributed by atoms with Gasteiger partial charge in [-0.1, -0.05) is 72.8 Å². The Morgan fingerprint density at radius 1 is 0.871 bits per heavy atom. The standard InChI is InChI=1S/C26H27N3O2/c30-24(29-23-17-9-13-19-10-7-8-16-22(19)23)18-27-25(20-11-3-1-4-12-20)26(31)28-21-14-5-2-6-15-21/h1-8,10-12,14-16,23,25,27H,9,13,17-18H2,(H,28,31)(H,29,30). The van der Waals surface area contributed by atoms with Crippen molar-refractivity contribution in [1.82, 2.24) is 10.6 Å². The Hall–Kier alpha value is -3.44. The smallest absolute Gasteiger partial charge is 0.246 e. The maximum absolute atomic E-state index is 13.0. The summed E-state index contributed by atoms with van der Waals surface area (Å²) in [4.78, 5) is 25.7. The van der Waals surface area contributed by atoms with Gasteiger partial charge in [-0.15, -0.1) is 0 Å². The third kappa shape index (κ3) is 5.38. The van der Waals surface area contributed by atoms with E-state index in [0.29, 0.717) is 0 Å². The van der Waals surface area contributed by atoms with Crippen molar-refractivity contribution in [3.05, 3.63) is 102 Å². The van der Waals surface area contributed by atoms with Crippen molar-refractivity contribution >= 4 is 17.5 Å². The van der Waals surface area contributed by atoms with Crippen LogP contribution in [0.25, 0.3) is 0 Å². The molecule has 0 fully saturated rings. The molecule has 0 saturated heterocycles.